The number of carbonyl (C=O) groups excluding carboxylic acids is 1. The van der Waals surface area contributed by atoms with E-state index in [0.717, 1.165) is 21.2 Å². The second-order valence-electron chi connectivity index (χ2n) is 5.17. The number of nitrogens with one attached hydrogen (secondary N) is 1. The Morgan fingerprint density at radius 2 is 1.96 bits per heavy atom. The zero-order valence-electron chi connectivity index (χ0n) is 13.0. The molecule has 0 saturated carbocycles. The van der Waals surface area contributed by atoms with Crippen LogP contribution in [0.3, 0.4) is 0 Å². The van der Waals surface area contributed by atoms with Gasteiger partial charge in [0.05, 0.1) is 11.4 Å². The van der Waals surface area contributed by atoms with E-state index in [-0.39, 0.29) is 5.91 Å². The molecule has 1 aromatic heterocycles. The number of amides is 1. The van der Waals surface area contributed by atoms with Crippen molar-refractivity contribution in [2.75, 3.05) is 5.75 Å². The monoisotopic (exact) mass is 408 g/mol. The fraction of sp³-hybridized carbons (Fsp3) is 0.111. The molecule has 25 heavy (non-hydrogen) atoms. The molecule has 3 nitrogen and oxygen atoms in total. The summed E-state index contributed by atoms with van der Waals surface area (Å²) in [7, 11) is 0. The van der Waals surface area contributed by atoms with Crippen LogP contribution in [0.1, 0.15) is 5.56 Å². The predicted octanol–water partition coefficient (Wildman–Crippen LogP) is 5.53. The van der Waals surface area contributed by atoms with Gasteiger partial charge in [-0.25, -0.2) is 4.98 Å². The zero-order valence-corrected chi connectivity index (χ0v) is 16.2. The minimum atomic E-state index is -0.0625. The summed E-state index contributed by atoms with van der Waals surface area (Å²) < 4.78 is 0.874. The maximum absolute atomic E-state index is 12.0. The highest BCUT2D eigenvalue weighted by Gasteiger charge is 2.09. The van der Waals surface area contributed by atoms with Crippen molar-refractivity contribution < 1.29 is 4.79 Å². The summed E-state index contributed by atoms with van der Waals surface area (Å²) in [4.78, 5) is 16.6. The number of halogens is 2. The number of carbonyl (C=O) groups is 1. The maximum atomic E-state index is 12.0. The third kappa shape index (κ3) is 5.22. The lowest BCUT2D eigenvalue weighted by atomic mass is 10.2. The average Bonchev–Trinajstić information content (AvgIpc) is 3.09. The molecule has 0 unspecified atom stereocenters. The van der Waals surface area contributed by atoms with Crippen molar-refractivity contribution in [3.8, 4) is 11.3 Å². The predicted molar refractivity (Wildman–Crippen MR) is 107 cm³/mol. The summed E-state index contributed by atoms with van der Waals surface area (Å²) in [5.74, 6) is 0.250. The number of rotatable bonds is 6. The first-order valence-electron chi connectivity index (χ1n) is 7.46. The van der Waals surface area contributed by atoms with Crippen LogP contribution in [0.15, 0.2) is 58.3 Å². The Bertz CT molecular complexity index is 869. The van der Waals surface area contributed by atoms with Crippen LogP contribution < -0.4 is 5.32 Å². The number of aromatic nitrogens is 1. The molecule has 0 aliphatic rings. The van der Waals surface area contributed by atoms with Gasteiger partial charge in [-0.05, 0) is 17.7 Å². The van der Waals surface area contributed by atoms with Gasteiger partial charge in [0.15, 0.2) is 4.34 Å². The number of hydrogen-bond donors (Lipinski definition) is 1. The van der Waals surface area contributed by atoms with Crippen molar-refractivity contribution in [1.29, 1.82) is 0 Å². The van der Waals surface area contributed by atoms with Gasteiger partial charge in [-0.15, -0.1) is 11.3 Å². The SMILES string of the molecule is O=C(CSc1nc(-c2ccccc2)cs1)NCc1ccc(Cl)cc1Cl. The Balaban J connectivity index is 1.50. The molecule has 2 aromatic carbocycles. The molecular formula is C18H14Cl2N2OS2. The Kier molecular flexibility index (Phi) is 6.37. The Labute approximate surface area is 164 Å². The molecule has 0 fully saturated rings. The largest absolute Gasteiger partial charge is 0.351 e. The normalized spacial score (nSPS) is 10.6. The fourth-order valence-electron chi connectivity index (χ4n) is 2.10. The number of benzene rings is 2. The van der Waals surface area contributed by atoms with Crippen molar-refractivity contribution in [3.05, 3.63) is 69.5 Å². The first-order valence-corrected chi connectivity index (χ1v) is 10.1. The van der Waals surface area contributed by atoms with E-state index in [1.807, 2.05) is 41.8 Å². The highest BCUT2D eigenvalue weighted by Crippen LogP contribution is 2.28. The third-order valence-electron chi connectivity index (χ3n) is 3.37. The molecule has 7 heteroatoms. The van der Waals surface area contributed by atoms with Crippen molar-refractivity contribution in [1.82, 2.24) is 10.3 Å². The summed E-state index contributed by atoms with van der Waals surface area (Å²) >= 11 is 14.9. The van der Waals surface area contributed by atoms with Crippen molar-refractivity contribution in [2.45, 2.75) is 10.9 Å². The first-order chi connectivity index (χ1) is 12.1. The minimum Gasteiger partial charge on any atom is -0.351 e. The maximum Gasteiger partial charge on any atom is 0.230 e. The van der Waals surface area contributed by atoms with Gasteiger partial charge < -0.3 is 5.32 Å². The van der Waals surface area contributed by atoms with Crippen molar-refractivity contribution >= 4 is 52.2 Å². The van der Waals surface area contributed by atoms with Crippen LogP contribution in [0.25, 0.3) is 11.3 Å². The Morgan fingerprint density at radius 3 is 2.72 bits per heavy atom. The zero-order chi connectivity index (χ0) is 17.6. The van der Waals surface area contributed by atoms with E-state index in [4.69, 9.17) is 23.2 Å². The van der Waals surface area contributed by atoms with Gasteiger partial charge in [0.2, 0.25) is 5.91 Å². The smallest absolute Gasteiger partial charge is 0.230 e. The second kappa shape index (κ2) is 8.72. The lowest BCUT2D eigenvalue weighted by Gasteiger charge is -2.06. The standard InChI is InChI=1S/C18H14Cl2N2OS2/c19-14-7-6-13(15(20)8-14)9-21-17(23)11-25-18-22-16(10-24-18)12-4-2-1-3-5-12/h1-8,10H,9,11H2,(H,21,23). The van der Waals surface area contributed by atoms with Gasteiger partial charge in [0, 0.05) is 27.5 Å². The lowest BCUT2D eigenvalue weighted by molar-refractivity contribution is -0.118. The van der Waals surface area contributed by atoms with Crippen LogP contribution in [0.4, 0.5) is 0 Å². The van der Waals surface area contributed by atoms with Crippen LogP contribution in [-0.2, 0) is 11.3 Å². The first kappa shape index (κ1) is 18.3. The molecule has 1 amide bonds. The molecule has 3 rings (SSSR count). The van der Waals surface area contributed by atoms with E-state index in [0.29, 0.717) is 22.3 Å². The van der Waals surface area contributed by atoms with Gasteiger partial charge in [-0.3, -0.25) is 4.79 Å². The summed E-state index contributed by atoms with van der Waals surface area (Å²) in [6, 6.07) is 15.2. The van der Waals surface area contributed by atoms with E-state index >= 15 is 0 Å². The summed E-state index contributed by atoms with van der Waals surface area (Å²) in [5.41, 5.74) is 2.85. The lowest BCUT2D eigenvalue weighted by Crippen LogP contribution is -2.24. The fourth-order valence-corrected chi connectivity index (χ4v) is 4.24. The molecule has 0 aliphatic heterocycles. The Morgan fingerprint density at radius 1 is 1.16 bits per heavy atom. The van der Waals surface area contributed by atoms with Gasteiger partial charge in [0.1, 0.15) is 0 Å². The molecular weight excluding hydrogens is 395 g/mol. The van der Waals surface area contributed by atoms with E-state index in [1.165, 1.54) is 11.8 Å². The molecule has 0 bridgehead atoms. The molecule has 0 saturated heterocycles. The van der Waals surface area contributed by atoms with E-state index in [2.05, 4.69) is 10.3 Å². The van der Waals surface area contributed by atoms with Crippen molar-refractivity contribution in [2.24, 2.45) is 0 Å². The number of thioether (sulfide) groups is 1. The topological polar surface area (TPSA) is 42.0 Å². The van der Waals surface area contributed by atoms with Gasteiger partial charge >= 0.3 is 0 Å². The van der Waals surface area contributed by atoms with Gasteiger partial charge in [-0.1, -0.05) is 71.4 Å². The molecule has 0 atom stereocenters. The van der Waals surface area contributed by atoms with Crippen LogP contribution in [-0.4, -0.2) is 16.6 Å². The average molecular weight is 409 g/mol. The third-order valence-corrected chi connectivity index (χ3v) is 5.98. The Hall–Kier alpha value is -1.53. The highest BCUT2D eigenvalue weighted by molar-refractivity contribution is 8.01. The van der Waals surface area contributed by atoms with E-state index in [9.17, 15) is 4.79 Å². The molecule has 3 aromatic rings. The molecule has 0 aliphatic carbocycles. The van der Waals surface area contributed by atoms with E-state index in [1.54, 1.807) is 23.5 Å². The van der Waals surface area contributed by atoms with Crippen LogP contribution in [0.2, 0.25) is 10.0 Å². The van der Waals surface area contributed by atoms with Gasteiger partial charge in [-0.2, -0.15) is 0 Å². The van der Waals surface area contributed by atoms with Gasteiger partial charge in [0.25, 0.3) is 0 Å². The second-order valence-corrected chi connectivity index (χ2v) is 8.09. The molecule has 128 valence electrons. The minimum absolute atomic E-state index is 0.0625. The van der Waals surface area contributed by atoms with Crippen LogP contribution in [0, 0.1) is 0 Å². The van der Waals surface area contributed by atoms with Crippen LogP contribution in [0.5, 0.6) is 0 Å². The highest BCUT2D eigenvalue weighted by atomic mass is 35.5. The summed E-state index contributed by atoms with van der Waals surface area (Å²) in [5, 5.41) is 5.99. The molecule has 1 heterocycles. The van der Waals surface area contributed by atoms with Crippen LogP contribution >= 0.6 is 46.3 Å². The molecule has 0 spiro atoms. The quantitative estimate of drug-likeness (QED) is 0.545. The number of nitrogens with zero attached hydrogens (tertiary/aromatic N) is 1. The number of thiazole rings is 1. The molecule has 0 radical (unpaired) electrons. The number of hydrogen-bond acceptors (Lipinski definition) is 4. The van der Waals surface area contributed by atoms with Crippen molar-refractivity contribution in [3.63, 3.8) is 0 Å². The van der Waals surface area contributed by atoms with E-state index < -0.39 is 0 Å². The molecule has 1 N–H and O–H groups in total. The summed E-state index contributed by atoms with van der Waals surface area (Å²) in [6.45, 7) is 0.378. The summed E-state index contributed by atoms with van der Waals surface area (Å²) in [6.07, 6.45) is 0.